The van der Waals surface area contributed by atoms with Crippen LogP contribution in [-0.4, -0.2) is 28.0 Å². The molecule has 3 aromatic rings. The summed E-state index contributed by atoms with van der Waals surface area (Å²) in [6, 6.07) is 18.1. The predicted molar refractivity (Wildman–Crippen MR) is 101 cm³/mol. The lowest BCUT2D eigenvalue weighted by Gasteiger charge is -2.31. The third kappa shape index (κ3) is 3.13. The van der Waals surface area contributed by atoms with Gasteiger partial charge in [-0.1, -0.05) is 48.5 Å². The van der Waals surface area contributed by atoms with Crippen molar-refractivity contribution in [3.63, 3.8) is 0 Å². The third-order valence-corrected chi connectivity index (χ3v) is 4.96. The molecule has 4 heteroatoms. The van der Waals surface area contributed by atoms with Crippen molar-refractivity contribution < 1.29 is 0 Å². The number of nitrogens with one attached hydrogen (secondary N) is 1. The van der Waals surface area contributed by atoms with Crippen LogP contribution in [0.15, 0.2) is 65.5 Å². The van der Waals surface area contributed by atoms with Gasteiger partial charge in [0.2, 0.25) is 0 Å². The normalized spacial score (nSPS) is 16.6. The molecule has 1 aliphatic heterocycles. The Kier molecular flexibility index (Phi) is 4.20. The van der Waals surface area contributed by atoms with Gasteiger partial charge in [-0.25, -0.2) is 4.98 Å². The van der Waals surface area contributed by atoms with E-state index in [1.54, 1.807) is 0 Å². The minimum Gasteiger partial charge on any atom is -0.309 e. The third-order valence-electron chi connectivity index (χ3n) is 4.96. The van der Waals surface area contributed by atoms with Crippen LogP contribution >= 0.6 is 0 Å². The van der Waals surface area contributed by atoms with E-state index in [4.69, 9.17) is 0 Å². The van der Waals surface area contributed by atoms with Crippen molar-refractivity contribution in [3.8, 4) is 0 Å². The van der Waals surface area contributed by atoms with Crippen molar-refractivity contribution in [1.29, 1.82) is 0 Å². The summed E-state index contributed by atoms with van der Waals surface area (Å²) in [5, 5.41) is 0.642. The lowest BCUT2D eigenvalue weighted by Crippen LogP contribution is -2.33. The first kappa shape index (κ1) is 15.8. The SMILES string of the molecule is CC(c1nc2ccccc2c(=O)[nH]1)N1CC=C(c2ccccc2)CC1. The van der Waals surface area contributed by atoms with E-state index in [0.717, 1.165) is 30.9 Å². The van der Waals surface area contributed by atoms with Gasteiger partial charge in [-0.05, 0) is 36.6 Å². The zero-order chi connectivity index (χ0) is 17.2. The fourth-order valence-corrected chi connectivity index (χ4v) is 3.43. The average Bonchev–Trinajstić information content (AvgIpc) is 2.68. The molecule has 0 amide bonds. The second-order valence-electron chi connectivity index (χ2n) is 6.48. The van der Waals surface area contributed by atoms with Crippen molar-refractivity contribution in [3.05, 3.63) is 82.4 Å². The first-order valence-corrected chi connectivity index (χ1v) is 8.70. The van der Waals surface area contributed by atoms with Gasteiger partial charge in [-0.2, -0.15) is 0 Å². The highest BCUT2D eigenvalue weighted by atomic mass is 16.1. The molecule has 1 atom stereocenters. The topological polar surface area (TPSA) is 49.0 Å². The van der Waals surface area contributed by atoms with Crippen LogP contribution in [0, 0.1) is 0 Å². The second-order valence-corrected chi connectivity index (χ2v) is 6.48. The molecule has 0 saturated carbocycles. The number of hydrogen-bond acceptors (Lipinski definition) is 3. The van der Waals surface area contributed by atoms with Crippen molar-refractivity contribution in [2.75, 3.05) is 13.1 Å². The Morgan fingerprint density at radius 3 is 2.60 bits per heavy atom. The maximum atomic E-state index is 12.3. The highest BCUT2D eigenvalue weighted by Gasteiger charge is 2.21. The number of H-pyrrole nitrogens is 1. The Balaban J connectivity index is 1.57. The van der Waals surface area contributed by atoms with E-state index in [1.807, 2.05) is 30.3 Å². The molecule has 126 valence electrons. The van der Waals surface area contributed by atoms with Crippen molar-refractivity contribution in [2.24, 2.45) is 0 Å². The molecule has 0 aliphatic carbocycles. The minimum atomic E-state index is -0.0648. The van der Waals surface area contributed by atoms with Crippen molar-refractivity contribution in [1.82, 2.24) is 14.9 Å². The summed E-state index contributed by atoms with van der Waals surface area (Å²) in [6.07, 6.45) is 3.29. The summed E-state index contributed by atoms with van der Waals surface area (Å²) in [5.41, 5.74) is 3.38. The standard InChI is InChI=1S/C21H21N3O/c1-15(20-22-19-10-6-5-9-18(19)21(25)23-20)24-13-11-17(12-14-24)16-7-3-2-4-8-16/h2-11,15H,12-14H2,1H3,(H,22,23,25). The zero-order valence-electron chi connectivity index (χ0n) is 14.3. The molecule has 1 N–H and O–H groups in total. The van der Waals surface area contributed by atoms with Gasteiger partial charge < -0.3 is 4.98 Å². The number of rotatable bonds is 3. The van der Waals surface area contributed by atoms with Crippen LogP contribution < -0.4 is 5.56 Å². The van der Waals surface area contributed by atoms with Crippen LogP contribution in [-0.2, 0) is 0 Å². The summed E-state index contributed by atoms with van der Waals surface area (Å²) in [4.78, 5) is 22.3. The molecular weight excluding hydrogens is 310 g/mol. The smallest absolute Gasteiger partial charge is 0.258 e. The molecule has 0 radical (unpaired) electrons. The average molecular weight is 331 g/mol. The summed E-state index contributed by atoms with van der Waals surface area (Å²) in [5.74, 6) is 0.736. The van der Waals surface area contributed by atoms with Crippen molar-refractivity contribution >= 4 is 16.5 Å². The Morgan fingerprint density at radius 1 is 1.08 bits per heavy atom. The molecule has 4 rings (SSSR count). The maximum Gasteiger partial charge on any atom is 0.258 e. The molecule has 0 saturated heterocycles. The highest BCUT2D eigenvalue weighted by molar-refractivity contribution is 5.77. The summed E-state index contributed by atoms with van der Waals surface area (Å²) >= 11 is 0. The number of aromatic amines is 1. The monoisotopic (exact) mass is 331 g/mol. The van der Waals surface area contributed by atoms with E-state index in [9.17, 15) is 4.79 Å². The molecule has 0 fully saturated rings. The van der Waals surface area contributed by atoms with E-state index < -0.39 is 0 Å². The van der Waals surface area contributed by atoms with Crippen LogP contribution in [0.1, 0.15) is 30.8 Å². The van der Waals surface area contributed by atoms with Crippen LogP contribution in [0.5, 0.6) is 0 Å². The summed E-state index contributed by atoms with van der Waals surface area (Å²) < 4.78 is 0. The predicted octanol–water partition coefficient (Wildman–Crippen LogP) is 3.77. The molecular formula is C21H21N3O. The van der Waals surface area contributed by atoms with E-state index in [-0.39, 0.29) is 11.6 Å². The van der Waals surface area contributed by atoms with Gasteiger partial charge >= 0.3 is 0 Å². The second kappa shape index (κ2) is 6.65. The molecule has 1 aliphatic rings. The molecule has 25 heavy (non-hydrogen) atoms. The molecule has 2 aromatic carbocycles. The van der Waals surface area contributed by atoms with Crippen LogP contribution in [0.25, 0.3) is 16.5 Å². The Labute approximate surface area is 146 Å². The van der Waals surface area contributed by atoms with Gasteiger partial charge in [0.25, 0.3) is 5.56 Å². The van der Waals surface area contributed by atoms with E-state index in [0.29, 0.717) is 5.39 Å². The van der Waals surface area contributed by atoms with E-state index in [1.165, 1.54) is 11.1 Å². The molecule has 1 aromatic heterocycles. The minimum absolute atomic E-state index is 0.0648. The van der Waals surface area contributed by atoms with Crippen LogP contribution in [0.3, 0.4) is 0 Å². The molecule has 1 unspecified atom stereocenters. The molecule has 2 heterocycles. The number of aromatic nitrogens is 2. The van der Waals surface area contributed by atoms with Gasteiger partial charge in [-0.15, -0.1) is 0 Å². The fourth-order valence-electron chi connectivity index (χ4n) is 3.43. The first-order valence-electron chi connectivity index (χ1n) is 8.70. The first-order chi connectivity index (χ1) is 12.2. The van der Waals surface area contributed by atoms with E-state index >= 15 is 0 Å². The largest absolute Gasteiger partial charge is 0.309 e. The number of para-hydroxylation sites is 1. The van der Waals surface area contributed by atoms with E-state index in [2.05, 4.69) is 52.1 Å². The number of hydrogen-bond donors (Lipinski definition) is 1. The van der Waals surface area contributed by atoms with Crippen LogP contribution in [0.2, 0.25) is 0 Å². The Hall–Kier alpha value is -2.72. The van der Waals surface area contributed by atoms with Crippen molar-refractivity contribution in [2.45, 2.75) is 19.4 Å². The lowest BCUT2D eigenvalue weighted by atomic mass is 9.99. The van der Waals surface area contributed by atoms with Crippen LogP contribution in [0.4, 0.5) is 0 Å². The number of nitrogens with zero attached hydrogens (tertiary/aromatic N) is 2. The fraction of sp³-hybridized carbons (Fsp3) is 0.238. The summed E-state index contributed by atoms with van der Waals surface area (Å²) in [6.45, 7) is 3.93. The quantitative estimate of drug-likeness (QED) is 0.795. The number of benzene rings is 2. The molecule has 4 nitrogen and oxygen atoms in total. The molecule has 0 bridgehead atoms. The van der Waals surface area contributed by atoms with Gasteiger partial charge in [0, 0.05) is 13.1 Å². The maximum absolute atomic E-state index is 12.3. The Bertz CT molecular complexity index is 975. The highest BCUT2D eigenvalue weighted by Crippen LogP contribution is 2.26. The van der Waals surface area contributed by atoms with Gasteiger partial charge in [-0.3, -0.25) is 9.69 Å². The van der Waals surface area contributed by atoms with Gasteiger partial charge in [0.15, 0.2) is 0 Å². The van der Waals surface area contributed by atoms with Gasteiger partial charge in [0.05, 0.1) is 16.9 Å². The lowest BCUT2D eigenvalue weighted by molar-refractivity contribution is 0.225. The Morgan fingerprint density at radius 2 is 1.84 bits per heavy atom. The van der Waals surface area contributed by atoms with Gasteiger partial charge in [0.1, 0.15) is 5.82 Å². The zero-order valence-corrected chi connectivity index (χ0v) is 14.3. The molecule has 0 spiro atoms. The summed E-state index contributed by atoms with van der Waals surface area (Å²) in [7, 11) is 0. The number of fused-ring (bicyclic) bond motifs is 1.